The molecule has 1 saturated carbocycles. The Morgan fingerprint density at radius 3 is 2.62 bits per heavy atom. The number of anilines is 1. The van der Waals surface area contributed by atoms with Crippen molar-refractivity contribution in [2.45, 2.75) is 45.1 Å². The van der Waals surface area contributed by atoms with Crippen molar-refractivity contribution in [2.24, 2.45) is 5.92 Å². The summed E-state index contributed by atoms with van der Waals surface area (Å²) >= 11 is 0. The van der Waals surface area contributed by atoms with Gasteiger partial charge in [0, 0.05) is 18.8 Å². The maximum absolute atomic E-state index is 12.8. The summed E-state index contributed by atoms with van der Waals surface area (Å²) in [5.41, 5.74) is 1.39. The van der Waals surface area contributed by atoms with E-state index in [0.29, 0.717) is 11.3 Å². The van der Waals surface area contributed by atoms with E-state index < -0.39 is 5.54 Å². The smallest absolute Gasteiger partial charge is 0.256 e. The second-order valence-corrected chi connectivity index (χ2v) is 7.49. The van der Waals surface area contributed by atoms with E-state index in [4.69, 9.17) is 0 Å². The Kier molecular flexibility index (Phi) is 5.17. The van der Waals surface area contributed by atoms with Gasteiger partial charge in [-0.25, -0.2) is 0 Å². The second-order valence-electron chi connectivity index (χ2n) is 7.49. The molecule has 0 unspecified atom stereocenters. The monoisotopic (exact) mass is 354 g/mol. The first-order chi connectivity index (χ1) is 12.4. The van der Waals surface area contributed by atoms with Gasteiger partial charge in [0.05, 0.1) is 18.2 Å². The van der Waals surface area contributed by atoms with Crippen LogP contribution in [-0.4, -0.2) is 41.9 Å². The minimum Gasteiger partial charge on any atom is -0.376 e. The number of aryl methyl sites for hydroxylation is 1. The summed E-state index contributed by atoms with van der Waals surface area (Å²) in [5.74, 6) is 0.0214. The van der Waals surface area contributed by atoms with Gasteiger partial charge in [0.2, 0.25) is 5.91 Å². The number of benzene rings is 1. The minimum absolute atomic E-state index is 0.0170. The molecule has 6 heteroatoms. The van der Waals surface area contributed by atoms with Crippen LogP contribution in [0.15, 0.2) is 18.2 Å². The molecule has 1 aliphatic heterocycles. The summed E-state index contributed by atoms with van der Waals surface area (Å²) in [5, 5.41) is 15.3. The Labute approximate surface area is 154 Å². The topological polar surface area (TPSA) is 85.2 Å². The van der Waals surface area contributed by atoms with Gasteiger partial charge in [0.15, 0.2) is 0 Å². The first-order valence-corrected chi connectivity index (χ1v) is 9.29. The molecule has 138 valence electrons. The number of nitrogens with one attached hydrogen (secondary N) is 2. The van der Waals surface area contributed by atoms with E-state index in [0.717, 1.165) is 44.3 Å². The molecule has 2 fully saturated rings. The van der Waals surface area contributed by atoms with Gasteiger partial charge >= 0.3 is 0 Å². The molecule has 1 heterocycles. The van der Waals surface area contributed by atoms with Gasteiger partial charge < -0.3 is 15.5 Å². The van der Waals surface area contributed by atoms with E-state index >= 15 is 0 Å². The van der Waals surface area contributed by atoms with E-state index in [1.807, 2.05) is 30.0 Å². The number of carbonyl (C=O) groups is 2. The number of hydrogen-bond acceptors (Lipinski definition) is 4. The minimum atomic E-state index is -0.806. The molecule has 2 amide bonds. The van der Waals surface area contributed by atoms with Crippen LogP contribution >= 0.6 is 0 Å². The highest BCUT2D eigenvalue weighted by Gasteiger charge is 2.42. The summed E-state index contributed by atoms with van der Waals surface area (Å²) in [4.78, 5) is 27.0. The summed E-state index contributed by atoms with van der Waals surface area (Å²) in [7, 11) is 0. The van der Waals surface area contributed by atoms with Crippen molar-refractivity contribution >= 4 is 17.5 Å². The van der Waals surface area contributed by atoms with Gasteiger partial charge in [0.25, 0.3) is 5.91 Å². The fourth-order valence-electron chi connectivity index (χ4n) is 3.57. The fraction of sp³-hybridized carbons (Fsp3) is 0.550. The first-order valence-electron chi connectivity index (χ1n) is 9.29. The molecule has 0 aromatic heterocycles. The number of carbonyl (C=O) groups excluding carboxylic acids is 2. The zero-order chi connectivity index (χ0) is 18.7. The Morgan fingerprint density at radius 2 is 2.00 bits per heavy atom. The Hall–Kier alpha value is -2.55. The van der Waals surface area contributed by atoms with Crippen LogP contribution < -0.4 is 10.6 Å². The van der Waals surface area contributed by atoms with Crippen molar-refractivity contribution in [3.63, 3.8) is 0 Å². The van der Waals surface area contributed by atoms with Crippen LogP contribution in [0.1, 0.15) is 48.5 Å². The van der Waals surface area contributed by atoms with E-state index in [-0.39, 0.29) is 24.3 Å². The molecule has 0 bridgehead atoms. The lowest BCUT2D eigenvalue weighted by molar-refractivity contribution is -0.120. The number of likely N-dealkylation sites (tertiary alicyclic amines) is 1. The summed E-state index contributed by atoms with van der Waals surface area (Å²) in [6.45, 7) is 5.30. The van der Waals surface area contributed by atoms with Crippen molar-refractivity contribution in [3.05, 3.63) is 29.3 Å². The maximum Gasteiger partial charge on any atom is 0.256 e. The third-order valence-corrected chi connectivity index (χ3v) is 5.34. The van der Waals surface area contributed by atoms with Crippen LogP contribution in [0.2, 0.25) is 0 Å². The summed E-state index contributed by atoms with van der Waals surface area (Å²) < 4.78 is 0. The largest absolute Gasteiger partial charge is 0.376 e. The predicted octanol–water partition coefficient (Wildman–Crippen LogP) is 2.45. The van der Waals surface area contributed by atoms with Gasteiger partial charge in [-0.1, -0.05) is 12.1 Å². The molecule has 3 rings (SSSR count). The van der Waals surface area contributed by atoms with Crippen LogP contribution in [0.25, 0.3) is 0 Å². The molecule has 1 aromatic carbocycles. The highest BCUT2D eigenvalue weighted by Crippen LogP contribution is 2.39. The highest BCUT2D eigenvalue weighted by atomic mass is 16.2. The van der Waals surface area contributed by atoms with E-state index in [9.17, 15) is 14.9 Å². The van der Waals surface area contributed by atoms with Gasteiger partial charge in [-0.2, -0.15) is 5.26 Å². The SMILES string of the molecule is Cc1cccc(NCC(=O)N[C@](C)(C#N)C2CC2)c1C(=O)N1CCCC1. The van der Waals surface area contributed by atoms with Crippen LogP contribution in [0, 0.1) is 24.2 Å². The number of rotatable bonds is 6. The Morgan fingerprint density at radius 1 is 1.31 bits per heavy atom. The van der Waals surface area contributed by atoms with Crippen molar-refractivity contribution in [1.29, 1.82) is 5.26 Å². The van der Waals surface area contributed by atoms with Crippen LogP contribution in [0.5, 0.6) is 0 Å². The molecule has 0 radical (unpaired) electrons. The maximum atomic E-state index is 12.8. The van der Waals surface area contributed by atoms with Crippen LogP contribution in [0.3, 0.4) is 0 Å². The molecule has 1 aliphatic carbocycles. The van der Waals surface area contributed by atoms with Crippen LogP contribution in [-0.2, 0) is 4.79 Å². The van der Waals surface area contributed by atoms with Gasteiger partial charge in [-0.05, 0) is 57.1 Å². The molecule has 1 atom stereocenters. The first kappa shape index (κ1) is 18.2. The van der Waals surface area contributed by atoms with Crippen molar-refractivity contribution in [2.75, 3.05) is 25.0 Å². The van der Waals surface area contributed by atoms with Crippen molar-refractivity contribution < 1.29 is 9.59 Å². The van der Waals surface area contributed by atoms with E-state index in [2.05, 4.69) is 16.7 Å². The molecule has 1 aromatic rings. The average Bonchev–Trinajstić information content (AvgIpc) is 3.35. The number of hydrogen-bond donors (Lipinski definition) is 2. The Balaban J connectivity index is 1.68. The molecule has 26 heavy (non-hydrogen) atoms. The third kappa shape index (κ3) is 3.82. The molecule has 0 spiro atoms. The van der Waals surface area contributed by atoms with E-state index in [1.54, 1.807) is 6.92 Å². The lowest BCUT2D eigenvalue weighted by Gasteiger charge is -2.24. The molecule has 6 nitrogen and oxygen atoms in total. The lowest BCUT2D eigenvalue weighted by Crippen LogP contribution is -2.48. The molecule has 2 N–H and O–H groups in total. The number of nitriles is 1. The van der Waals surface area contributed by atoms with E-state index in [1.165, 1.54) is 0 Å². The quantitative estimate of drug-likeness (QED) is 0.822. The standard InChI is InChI=1S/C20H26N4O2/c1-14-6-5-7-16(18(14)19(26)24-10-3-4-11-24)22-12-17(25)23-20(2,13-21)15-8-9-15/h5-7,15,22H,3-4,8-12H2,1-2H3,(H,23,25)/t20-/m1/s1. The zero-order valence-corrected chi connectivity index (χ0v) is 15.5. The molecule has 1 saturated heterocycles. The highest BCUT2D eigenvalue weighted by molar-refractivity contribution is 6.01. The third-order valence-electron chi connectivity index (χ3n) is 5.34. The molecular formula is C20H26N4O2. The van der Waals surface area contributed by atoms with Gasteiger partial charge in [0.1, 0.15) is 5.54 Å². The second kappa shape index (κ2) is 7.36. The zero-order valence-electron chi connectivity index (χ0n) is 15.5. The number of amides is 2. The normalized spacial score (nSPS) is 18.7. The Bertz CT molecular complexity index is 745. The summed E-state index contributed by atoms with van der Waals surface area (Å²) in [6, 6.07) is 7.84. The van der Waals surface area contributed by atoms with Crippen molar-refractivity contribution in [1.82, 2.24) is 10.2 Å². The molecular weight excluding hydrogens is 328 g/mol. The van der Waals surface area contributed by atoms with Crippen molar-refractivity contribution in [3.8, 4) is 6.07 Å². The van der Waals surface area contributed by atoms with Gasteiger partial charge in [-0.15, -0.1) is 0 Å². The number of nitrogens with zero attached hydrogens (tertiary/aromatic N) is 2. The van der Waals surface area contributed by atoms with Gasteiger partial charge in [-0.3, -0.25) is 9.59 Å². The summed E-state index contributed by atoms with van der Waals surface area (Å²) in [6.07, 6.45) is 4.03. The molecule has 2 aliphatic rings. The van der Waals surface area contributed by atoms with Crippen LogP contribution in [0.4, 0.5) is 5.69 Å². The fourth-order valence-corrected chi connectivity index (χ4v) is 3.57. The predicted molar refractivity (Wildman–Crippen MR) is 99.7 cm³/mol. The average molecular weight is 354 g/mol. The lowest BCUT2D eigenvalue weighted by atomic mass is 9.98.